The van der Waals surface area contributed by atoms with Gasteiger partial charge in [-0.1, -0.05) is 24.3 Å². The largest absolute Gasteiger partial charge is 0.486 e. The van der Waals surface area contributed by atoms with Crippen LogP contribution in [0.25, 0.3) is 11.5 Å². The Bertz CT molecular complexity index is 955. The third kappa shape index (κ3) is 4.14. The zero-order valence-electron chi connectivity index (χ0n) is 15.6. The van der Waals surface area contributed by atoms with Gasteiger partial charge in [-0.25, -0.2) is 0 Å². The van der Waals surface area contributed by atoms with Gasteiger partial charge in [0.15, 0.2) is 11.5 Å². The van der Waals surface area contributed by atoms with E-state index in [0.717, 1.165) is 16.9 Å². The van der Waals surface area contributed by atoms with Gasteiger partial charge >= 0.3 is 0 Å². The highest BCUT2D eigenvalue weighted by molar-refractivity contribution is 5.76. The van der Waals surface area contributed by atoms with Crippen molar-refractivity contribution in [2.75, 3.05) is 13.2 Å². The molecule has 1 amide bonds. The van der Waals surface area contributed by atoms with Gasteiger partial charge in [-0.05, 0) is 36.8 Å². The first-order valence-electron chi connectivity index (χ1n) is 9.26. The number of hydrogen-bond donors (Lipinski definition) is 1. The number of aryl methyl sites for hydroxylation is 1. The molecule has 0 bridgehead atoms. The molecule has 1 unspecified atom stereocenters. The van der Waals surface area contributed by atoms with Gasteiger partial charge < -0.3 is 19.2 Å². The number of aromatic nitrogens is 2. The molecule has 28 heavy (non-hydrogen) atoms. The molecule has 144 valence electrons. The topological polar surface area (TPSA) is 86.5 Å². The van der Waals surface area contributed by atoms with Crippen LogP contribution in [-0.4, -0.2) is 29.3 Å². The van der Waals surface area contributed by atoms with Crippen LogP contribution in [0.3, 0.4) is 0 Å². The van der Waals surface area contributed by atoms with E-state index in [1.165, 1.54) is 0 Å². The van der Waals surface area contributed by atoms with Crippen molar-refractivity contribution >= 4 is 5.91 Å². The zero-order valence-corrected chi connectivity index (χ0v) is 15.6. The average molecular weight is 379 g/mol. The first kappa shape index (κ1) is 18.0. The fourth-order valence-electron chi connectivity index (χ4n) is 3.00. The van der Waals surface area contributed by atoms with Gasteiger partial charge in [-0.2, -0.15) is 0 Å². The number of benzene rings is 2. The van der Waals surface area contributed by atoms with E-state index in [1.54, 1.807) is 0 Å². The highest BCUT2D eigenvalue weighted by Crippen LogP contribution is 2.32. The predicted molar refractivity (Wildman–Crippen MR) is 102 cm³/mol. The fourth-order valence-corrected chi connectivity index (χ4v) is 3.00. The monoisotopic (exact) mass is 379 g/mol. The van der Waals surface area contributed by atoms with Crippen LogP contribution in [0.5, 0.6) is 11.5 Å². The van der Waals surface area contributed by atoms with Crippen molar-refractivity contribution < 1.29 is 18.7 Å². The van der Waals surface area contributed by atoms with E-state index in [0.29, 0.717) is 37.2 Å². The van der Waals surface area contributed by atoms with E-state index < -0.39 is 0 Å². The summed E-state index contributed by atoms with van der Waals surface area (Å²) < 4.78 is 16.8. The molecule has 4 rings (SSSR count). The van der Waals surface area contributed by atoms with Gasteiger partial charge in [0, 0.05) is 18.4 Å². The summed E-state index contributed by atoms with van der Waals surface area (Å²) in [4.78, 5) is 12.3. The van der Waals surface area contributed by atoms with Crippen molar-refractivity contribution in [3.8, 4) is 23.0 Å². The number of carbonyl (C=O) groups is 1. The van der Waals surface area contributed by atoms with Crippen LogP contribution in [0, 0.1) is 0 Å². The molecule has 0 saturated heterocycles. The normalized spacial score (nSPS) is 13.8. The Balaban J connectivity index is 1.31. The maximum atomic E-state index is 12.3. The Morgan fingerprint density at radius 3 is 2.68 bits per heavy atom. The summed E-state index contributed by atoms with van der Waals surface area (Å²) in [6, 6.07) is 15.1. The van der Waals surface area contributed by atoms with Crippen molar-refractivity contribution in [2.24, 2.45) is 0 Å². The second-order valence-electron chi connectivity index (χ2n) is 6.56. The lowest BCUT2D eigenvalue weighted by atomic mass is 10.1. The molecule has 1 aliphatic heterocycles. The average Bonchev–Trinajstić information content (AvgIpc) is 3.22. The van der Waals surface area contributed by atoms with Crippen LogP contribution in [0.4, 0.5) is 0 Å². The first-order chi connectivity index (χ1) is 13.7. The molecule has 0 saturated carbocycles. The van der Waals surface area contributed by atoms with Crippen molar-refractivity contribution in [3.05, 3.63) is 60.0 Å². The van der Waals surface area contributed by atoms with Gasteiger partial charge in [-0.3, -0.25) is 4.79 Å². The highest BCUT2D eigenvalue weighted by atomic mass is 16.6. The maximum Gasteiger partial charge on any atom is 0.247 e. The van der Waals surface area contributed by atoms with Crippen LogP contribution in [0.1, 0.15) is 30.8 Å². The summed E-state index contributed by atoms with van der Waals surface area (Å²) in [5, 5.41) is 11.0. The van der Waals surface area contributed by atoms with E-state index in [-0.39, 0.29) is 18.4 Å². The number of rotatable bonds is 6. The van der Waals surface area contributed by atoms with Gasteiger partial charge in [0.25, 0.3) is 0 Å². The molecule has 7 heteroatoms. The molecule has 2 aromatic carbocycles. The van der Waals surface area contributed by atoms with Gasteiger partial charge in [0.2, 0.25) is 17.7 Å². The number of ether oxygens (including phenoxy) is 2. The molecule has 1 N–H and O–H groups in total. The second kappa shape index (κ2) is 8.12. The molecule has 0 fully saturated rings. The summed E-state index contributed by atoms with van der Waals surface area (Å²) in [5.74, 6) is 2.27. The van der Waals surface area contributed by atoms with Crippen molar-refractivity contribution in [1.29, 1.82) is 0 Å². The standard InChI is InChI=1S/C21H21N3O4/c1-14(16-7-8-17-18(13-16)27-12-11-26-17)22-19(25)9-10-20-23-24-21(28-20)15-5-3-2-4-6-15/h2-8,13-14H,9-12H2,1H3,(H,22,25). The quantitative estimate of drug-likeness (QED) is 0.707. The number of nitrogens with one attached hydrogen (secondary N) is 1. The molecule has 0 aliphatic carbocycles. The molecule has 3 aromatic rings. The number of amides is 1. The summed E-state index contributed by atoms with van der Waals surface area (Å²) in [6.45, 7) is 3.02. The van der Waals surface area contributed by atoms with E-state index in [1.807, 2.05) is 55.5 Å². The van der Waals surface area contributed by atoms with Gasteiger partial charge in [-0.15, -0.1) is 10.2 Å². The highest BCUT2D eigenvalue weighted by Gasteiger charge is 2.16. The van der Waals surface area contributed by atoms with Crippen LogP contribution < -0.4 is 14.8 Å². The lowest BCUT2D eigenvalue weighted by molar-refractivity contribution is -0.121. The summed E-state index contributed by atoms with van der Waals surface area (Å²) >= 11 is 0. The molecular weight excluding hydrogens is 358 g/mol. The number of hydrogen-bond acceptors (Lipinski definition) is 6. The van der Waals surface area contributed by atoms with Crippen LogP contribution in [-0.2, 0) is 11.2 Å². The Morgan fingerprint density at radius 2 is 1.86 bits per heavy atom. The molecule has 7 nitrogen and oxygen atoms in total. The van der Waals surface area contributed by atoms with Crippen LogP contribution >= 0.6 is 0 Å². The smallest absolute Gasteiger partial charge is 0.247 e. The van der Waals surface area contributed by atoms with E-state index in [9.17, 15) is 4.79 Å². The van der Waals surface area contributed by atoms with Crippen LogP contribution in [0.2, 0.25) is 0 Å². The number of carbonyl (C=O) groups excluding carboxylic acids is 1. The van der Waals surface area contributed by atoms with Gasteiger partial charge in [0.1, 0.15) is 13.2 Å². The third-order valence-electron chi connectivity index (χ3n) is 4.50. The predicted octanol–water partition coefficient (Wildman–Crippen LogP) is 3.32. The molecule has 2 heterocycles. The number of fused-ring (bicyclic) bond motifs is 1. The van der Waals surface area contributed by atoms with Crippen molar-refractivity contribution in [3.63, 3.8) is 0 Å². The summed E-state index contributed by atoms with van der Waals surface area (Å²) in [7, 11) is 0. The van der Waals surface area contributed by atoms with E-state index in [4.69, 9.17) is 13.9 Å². The van der Waals surface area contributed by atoms with Crippen LogP contribution in [0.15, 0.2) is 52.9 Å². The Labute approximate surface area is 162 Å². The Hall–Kier alpha value is -3.35. The lowest BCUT2D eigenvalue weighted by Crippen LogP contribution is -2.27. The van der Waals surface area contributed by atoms with Crippen molar-refractivity contribution in [1.82, 2.24) is 15.5 Å². The minimum absolute atomic E-state index is 0.0816. The summed E-state index contributed by atoms with van der Waals surface area (Å²) in [6.07, 6.45) is 0.658. The first-order valence-corrected chi connectivity index (χ1v) is 9.26. The van der Waals surface area contributed by atoms with E-state index >= 15 is 0 Å². The maximum absolute atomic E-state index is 12.3. The van der Waals surface area contributed by atoms with E-state index in [2.05, 4.69) is 15.5 Å². The Kier molecular flexibility index (Phi) is 5.23. The SMILES string of the molecule is CC(NC(=O)CCc1nnc(-c2ccccc2)o1)c1ccc2c(c1)OCCO2. The zero-order chi connectivity index (χ0) is 19.3. The Morgan fingerprint density at radius 1 is 1.07 bits per heavy atom. The minimum atomic E-state index is -0.147. The second-order valence-corrected chi connectivity index (χ2v) is 6.56. The summed E-state index contributed by atoms with van der Waals surface area (Å²) in [5.41, 5.74) is 1.82. The molecular formula is C21H21N3O4. The third-order valence-corrected chi connectivity index (χ3v) is 4.50. The lowest BCUT2D eigenvalue weighted by Gasteiger charge is -2.21. The van der Waals surface area contributed by atoms with Crippen molar-refractivity contribution in [2.45, 2.75) is 25.8 Å². The fraction of sp³-hybridized carbons (Fsp3) is 0.286. The minimum Gasteiger partial charge on any atom is -0.486 e. The molecule has 1 atom stereocenters. The number of nitrogens with zero attached hydrogens (tertiary/aromatic N) is 2. The molecule has 0 radical (unpaired) electrons. The van der Waals surface area contributed by atoms with Gasteiger partial charge in [0.05, 0.1) is 6.04 Å². The molecule has 1 aliphatic rings. The molecule has 1 aromatic heterocycles. The molecule has 0 spiro atoms.